The van der Waals surface area contributed by atoms with E-state index in [9.17, 15) is 4.79 Å². The minimum Gasteiger partial charge on any atom is -0.444 e. The van der Waals surface area contributed by atoms with Crippen molar-refractivity contribution in [3.8, 4) is 0 Å². The number of carbonyl (C=O) groups is 1. The third-order valence-corrected chi connectivity index (χ3v) is 4.71. The summed E-state index contributed by atoms with van der Waals surface area (Å²) in [6.45, 7) is 10.8. The quantitative estimate of drug-likeness (QED) is 0.867. The fraction of sp³-hybridized carbons (Fsp3) is 0.941. The Morgan fingerprint density at radius 2 is 1.68 bits per heavy atom. The van der Waals surface area contributed by atoms with Gasteiger partial charge in [-0.05, 0) is 60.3 Å². The highest BCUT2D eigenvalue weighted by Gasteiger charge is 2.44. The van der Waals surface area contributed by atoms with Crippen LogP contribution in [0.15, 0.2) is 0 Å². The Hall–Kier alpha value is -0.810. The molecule has 2 aliphatic heterocycles. The van der Waals surface area contributed by atoms with Crippen LogP contribution in [0.5, 0.6) is 0 Å². The number of piperidine rings is 1. The number of carbonyl (C=O) groups excluding carboxylic acids is 1. The highest BCUT2D eigenvalue weighted by molar-refractivity contribution is 5.69. The van der Waals surface area contributed by atoms with Gasteiger partial charge in [-0.2, -0.15) is 0 Å². The lowest BCUT2D eigenvalue weighted by Gasteiger charge is -2.40. The van der Waals surface area contributed by atoms with Gasteiger partial charge in [0, 0.05) is 31.8 Å². The van der Waals surface area contributed by atoms with E-state index in [0.29, 0.717) is 18.1 Å². The summed E-state index contributed by atoms with van der Waals surface area (Å²) >= 11 is 0. The molecular formula is C17H32N2O3. The molecule has 2 aliphatic rings. The summed E-state index contributed by atoms with van der Waals surface area (Å²) < 4.78 is 11.0. The zero-order valence-corrected chi connectivity index (χ0v) is 14.9. The van der Waals surface area contributed by atoms with Gasteiger partial charge in [-0.3, -0.25) is 0 Å². The van der Waals surface area contributed by atoms with Gasteiger partial charge < -0.3 is 19.7 Å². The second-order valence-electron chi connectivity index (χ2n) is 8.29. The molecule has 2 heterocycles. The van der Waals surface area contributed by atoms with Gasteiger partial charge in [-0.15, -0.1) is 0 Å². The Bertz CT molecular complexity index is 389. The van der Waals surface area contributed by atoms with Crippen molar-refractivity contribution in [2.24, 2.45) is 0 Å². The van der Waals surface area contributed by atoms with Crippen molar-refractivity contribution in [3.63, 3.8) is 0 Å². The summed E-state index contributed by atoms with van der Waals surface area (Å²) in [6, 6.07) is 1.10. The molecule has 0 spiro atoms. The zero-order chi connectivity index (χ0) is 16.5. The second kappa shape index (κ2) is 6.36. The lowest BCUT2D eigenvalue weighted by atomic mass is 9.97. The van der Waals surface area contributed by atoms with E-state index in [-0.39, 0.29) is 11.7 Å². The molecule has 22 heavy (non-hydrogen) atoms. The number of nitrogens with zero attached hydrogens (tertiary/aromatic N) is 1. The molecule has 2 rings (SSSR count). The maximum absolute atomic E-state index is 12.4. The molecule has 2 fully saturated rings. The summed E-state index contributed by atoms with van der Waals surface area (Å²) in [7, 11) is 1.75. The van der Waals surface area contributed by atoms with Crippen molar-refractivity contribution in [1.82, 2.24) is 10.2 Å². The molecule has 0 saturated carbocycles. The Morgan fingerprint density at radius 1 is 1.14 bits per heavy atom. The molecular weight excluding hydrogens is 280 g/mol. The molecule has 2 saturated heterocycles. The van der Waals surface area contributed by atoms with E-state index in [1.807, 2.05) is 25.7 Å². The molecule has 128 valence electrons. The highest BCUT2D eigenvalue weighted by Crippen LogP contribution is 2.36. The first-order chi connectivity index (χ1) is 10.1. The van der Waals surface area contributed by atoms with Crippen LogP contribution in [-0.4, -0.2) is 54.0 Å². The van der Waals surface area contributed by atoms with Crippen LogP contribution in [0, 0.1) is 0 Å². The molecule has 0 aromatic rings. The smallest absolute Gasteiger partial charge is 0.410 e. The molecule has 1 amide bonds. The molecule has 0 radical (unpaired) electrons. The molecule has 0 aliphatic carbocycles. The van der Waals surface area contributed by atoms with Crippen LogP contribution in [0.1, 0.15) is 60.3 Å². The molecule has 2 atom stereocenters. The molecule has 2 unspecified atom stereocenters. The van der Waals surface area contributed by atoms with Gasteiger partial charge >= 0.3 is 6.09 Å². The Morgan fingerprint density at radius 3 is 2.14 bits per heavy atom. The number of ether oxygens (including phenoxy) is 2. The van der Waals surface area contributed by atoms with E-state index >= 15 is 0 Å². The highest BCUT2D eigenvalue weighted by atomic mass is 16.6. The van der Waals surface area contributed by atoms with E-state index in [1.54, 1.807) is 7.11 Å². The van der Waals surface area contributed by atoms with Crippen LogP contribution >= 0.6 is 0 Å². The predicted molar refractivity (Wildman–Crippen MR) is 87.0 cm³/mol. The minimum absolute atomic E-state index is 0.143. The second-order valence-corrected chi connectivity index (χ2v) is 8.29. The predicted octanol–water partition coefficient (Wildman–Crippen LogP) is 2.93. The maximum atomic E-state index is 12.4. The zero-order valence-electron chi connectivity index (χ0n) is 14.9. The molecule has 1 N–H and O–H groups in total. The lowest BCUT2D eigenvalue weighted by molar-refractivity contribution is -0.000942. The molecule has 2 bridgehead atoms. The third-order valence-electron chi connectivity index (χ3n) is 4.71. The van der Waals surface area contributed by atoms with Crippen LogP contribution in [0.3, 0.4) is 0 Å². The average molecular weight is 312 g/mol. The monoisotopic (exact) mass is 312 g/mol. The number of hydrogen-bond acceptors (Lipinski definition) is 4. The van der Waals surface area contributed by atoms with Gasteiger partial charge in [0.15, 0.2) is 0 Å². The van der Waals surface area contributed by atoms with Gasteiger partial charge in [0.25, 0.3) is 0 Å². The molecule has 0 aromatic heterocycles. The van der Waals surface area contributed by atoms with Gasteiger partial charge in [0.2, 0.25) is 0 Å². The number of nitrogens with one attached hydrogen (secondary N) is 1. The number of hydrogen-bond donors (Lipinski definition) is 1. The summed E-state index contributed by atoms with van der Waals surface area (Å²) in [5.41, 5.74) is -0.574. The van der Waals surface area contributed by atoms with E-state index in [0.717, 1.165) is 32.2 Å². The van der Waals surface area contributed by atoms with E-state index < -0.39 is 5.60 Å². The van der Waals surface area contributed by atoms with Crippen LogP contribution in [-0.2, 0) is 9.47 Å². The van der Waals surface area contributed by atoms with Crippen LogP contribution in [0.2, 0.25) is 0 Å². The SMILES string of the molecule is COC(C)(C)CNC1CC2CCC(C1)N2C(=O)OC(C)(C)C. The van der Waals surface area contributed by atoms with Crippen molar-refractivity contribution < 1.29 is 14.3 Å². The number of methoxy groups -OCH3 is 1. The summed E-state index contributed by atoms with van der Waals surface area (Å²) in [4.78, 5) is 14.4. The van der Waals surface area contributed by atoms with Crippen LogP contribution in [0.25, 0.3) is 0 Å². The first-order valence-electron chi connectivity index (χ1n) is 8.41. The van der Waals surface area contributed by atoms with Crippen molar-refractivity contribution in [1.29, 1.82) is 0 Å². The Balaban J connectivity index is 1.90. The fourth-order valence-corrected chi connectivity index (χ4v) is 3.42. The van der Waals surface area contributed by atoms with Gasteiger partial charge in [-0.1, -0.05) is 0 Å². The van der Waals surface area contributed by atoms with Crippen LogP contribution < -0.4 is 5.32 Å². The third kappa shape index (κ3) is 4.35. The number of fused-ring (bicyclic) bond motifs is 2. The van der Waals surface area contributed by atoms with E-state index in [4.69, 9.17) is 9.47 Å². The summed E-state index contributed by atoms with van der Waals surface area (Å²) in [6.07, 6.45) is 4.06. The molecule has 5 heteroatoms. The maximum Gasteiger partial charge on any atom is 0.410 e. The average Bonchev–Trinajstić information content (AvgIpc) is 2.66. The molecule has 5 nitrogen and oxygen atoms in total. The van der Waals surface area contributed by atoms with Gasteiger partial charge in [0.1, 0.15) is 5.60 Å². The fourth-order valence-electron chi connectivity index (χ4n) is 3.42. The normalized spacial score (nSPS) is 28.8. The first-order valence-corrected chi connectivity index (χ1v) is 8.41. The van der Waals surface area contributed by atoms with Crippen LogP contribution in [0.4, 0.5) is 4.79 Å². The van der Waals surface area contributed by atoms with Gasteiger partial charge in [0.05, 0.1) is 5.60 Å². The first kappa shape index (κ1) is 17.5. The van der Waals surface area contributed by atoms with Crippen molar-refractivity contribution in [2.75, 3.05) is 13.7 Å². The number of rotatable bonds is 4. The topological polar surface area (TPSA) is 50.8 Å². The van der Waals surface area contributed by atoms with Crippen molar-refractivity contribution in [2.45, 2.75) is 89.6 Å². The molecule has 0 aromatic carbocycles. The van der Waals surface area contributed by atoms with E-state index in [1.165, 1.54) is 0 Å². The minimum atomic E-state index is -0.423. The largest absolute Gasteiger partial charge is 0.444 e. The van der Waals surface area contributed by atoms with Crippen molar-refractivity contribution >= 4 is 6.09 Å². The standard InChI is InChI=1S/C17H32N2O3/c1-16(2,3)22-15(20)19-13-7-8-14(19)10-12(9-13)18-11-17(4,5)21-6/h12-14,18H,7-11H2,1-6H3. The Labute approximate surface area is 134 Å². The summed E-state index contributed by atoms with van der Waals surface area (Å²) in [5.74, 6) is 0. The van der Waals surface area contributed by atoms with E-state index in [2.05, 4.69) is 19.2 Å². The lowest BCUT2D eigenvalue weighted by Crippen LogP contribution is -2.54. The summed E-state index contributed by atoms with van der Waals surface area (Å²) in [5, 5.41) is 3.62. The van der Waals surface area contributed by atoms with Crippen molar-refractivity contribution in [3.05, 3.63) is 0 Å². The van der Waals surface area contributed by atoms with Gasteiger partial charge in [-0.25, -0.2) is 4.79 Å². The Kier molecular flexibility index (Phi) is 5.07. The number of amides is 1.